The molecule has 0 aliphatic carbocycles. The zero-order chi connectivity index (χ0) is 24.2. The van der Waals surface area contributed by atoms with Crippen molar-refractivity contribution in [1.82, 2.24) is 0 Å². The Labute approximate surface area is 221 Å². The Bertz CT molecular complexity index is 1160. The molecule has 0 aromatic heterocycles. The van der Waals surface area contributed by atoms with Gasteiger partial charge in [0.25, 0.3) is 0 Å². The van der Waals surface area contributed by atoms with E-state index < -0.39 is 0 Å². The molecule has 5 heteroatoms. The van der Waals surface area contributed by atoms with E-state index in [1.807, 2.05) is 24.3 Å². The van der Waals surface area contributed by atoms with Gasteiger partial charge in [-0.25, -0.2) is 0 Å². The van der Waals surface area contributed by atoms with E-state index in [9.17, 15) is 19.8 Å². The van der Waals surface area contributed by atoms with Gasteiger partial charge in [0.15, 0.2) is 11.6 Å². The smallest absolute Gasteiger partial charge is 0.872 e. The Morgan fingerprint density at radius 1 is 0.429 bits per heavy atom. The molecule has 0 unspecified atom stereocenters. The summed E-state index contributed by atoms with van der Waals surface area (Å²) in [4.78, 5) is 23.5. The average molecular weight is 471 g/mol. The number of allylic oxidation sites excluding steroid dienone is 2. The third-order valence-corrected chi connectivity index (χ3v) is 4.76. The van der Waals surface area contributed by atoms with Crippen molar-refractivity contribution in [1.29, 1.82) is 0 Å². The van der Waals surface area contributed by atoms with Crippen molar-refractivity contribution in [2.45, 2.75) is 0 Å². The summed E-state index contributed by atoms with van der Waals surface area (Å²) in [6.45, 7) is 0. The summed E-state index contributed by atoms with van der Waals surface area (Å²) < 4.78 is 0. The third kappa shape index (κ3) is 8.74. The Morgan fingerprint density at radius 3 is 0.914 bits per heavy atom. The van der Waals surface area contributed by atoms with Crippen molar-refractivity contribution >= 4 is 46.1 Å². The maximum atomic E-state index is 11.8. The van der Waals surface area contributed by atoms with Crippen LogP contribution in [0.5, 0.6) is 0 Å². The Morgan fingerprint density at radius 2 is 0.657 bits per heavy atom. The summed E-state index contributed by atoms with van der Waals surface area (Å²) >= 11 is 0. The molecule has 0 amide bonds. The molecule has 35 heavy (non-hydrogen) atoms. The molecular weight excluding hydrogens is 449 g/mol. The van der Waals surface area contributed by atoms with Crippen LogP contribution in [0.2, 0.25) is 0 Å². The number of ketones is 2. The minimum Gasteiger partial charge on any atom is -0.872 e. The van der Waals surface area contributed by atoms with Crippen LogP contribution in [0.4, 0.5) is 0 Å². The summed E-state index contributed by atoms with van der Waals surface area (Å²) in [7, 11) is 0. The molecule has 0 radical (unpaired) electrons. The van der Waals surface area contributed by atoms with Gasteiger partial charge in [-0.3, -0.25) is 9.59 Å². The predicted octanol–water partition coefficient (Wildman–Crippen LogP) is 4.16. The molecule has 4 aromatic carbocycles. The first-order valence-corrected chi connectivity index (χ1v) is 10.6. The van der Waals surface area contributed by atoms with Crippen molar-refractivity contribution in [2.75, 3.05) is 0 Å². The van der Waals surface area contributed by atoms with Crippen LogP contribution >= 0.6 is 0 Å². The number of carbonyl (C=O) groups is 2. The van der Waals surface area contributed by atoms with Gasteiger partial charge in [-0.05, 0) is 23.3 Å². The van der Waals surface area contributed by atoms with Crippen LogP contribution in [-0.4, -0.2) is 34.6 Å². The van der Waals surface area contributed by atoms with Crippen molar-refractivity contribution in [3.63, 3.8) is 0 Å². The van der Waals surface area contributed by atoms with Crippen LogP contribution < -0.4 is 10.2 Å². The monoisotopic (exact) mass is 470 g/mol. The van der Waals surface area contributed by atoms with E-state index in [1.165, 1.54) is 0 Å². The van der Waals surface area contributed by atoms with Crippen LogP contribution in [-0.2, 0) is 0 Å². The number of hydrogen-bond acceptors (Lipinski definition) is 4. The molecule has 4 rings (SSSR count). The molecular formula is C30H22MgO4. The van der Waals surface area contributed by atoms with E-state index in [2.05, 4.69) is 0 Å². The Hall–Kier alpha value is -3.93. The summed E-state index contributed by atoms with van der Waals surface area (Å²) in [5, 5.41) is 23.5. The number of carbonyl (C=O) groups excluding carboxylic acids is 2. The van der Waals surface area contributed by atoms with Gasteiger partial charge in [-0.2, -0.15) is 0 Å². The minimum atomic E-state index is -0.264. The first kappa shape index (κ1) is 27.3. The summed E-state index contributed by atoms with van der Waals surface area (Å²) in [5.41, 5.74) is 2.10. The van der Waals surface area contributed by atoms with Crippen molar-refractivity contribution < 1.29 is 19.8 Å². The van der Waals surface area contributed by atoms with E-state index in [0.29, 0.717) is 22.3 Å². The molecule has 0 aliphatic rings. The van der Waals surface area contributed by atoms with Gasteiger partial charge in [-0.1, -0.05) is 133 Å². The normalized spacial score (nSPS) is 10.9. The zero-order valence-corrected chi connectivity index (χ0v) is 20.5. The molecule has 4 aromatic rings. The number of rotatable bonds is 6. The minimum absolute atomic E-state index is 0. The van der Waals surface area contributed by atoms with E-state index in [4.69, 9.17) is 0 Å². The van der Waals surface area contributed by atoms with Gasteiger partial charge >= 0.3 is 23.1 Å². The van der Waals surface area contributed by atoms with E-state index >= 15 is 0 Å². The molecule has 4 nitrogen and oxygen atoms in total. The number of hydrogen-bond donors (Lipinski definition) is 0. The summed E-state index contributed by atoms with van der Waals surface area (Å²) in [6.07, 6.45) is 2.26. The van der Waals surface area contributed by atoms with Gasteiger partial charge in [0.2, 0.25) is 0 Å². The zero-order valence-electron chi connectivity index (χ0n) is 19.0. The van der Waals surface area contributed by atoms with Gasteiger partial charge < -0.3 is 10.2 Å². The van der Waals surface area contributed by atoms with E-state index in [-0.39, 0.29) is 46.1 Å². The molecule has 0 fully saturated rings. The van der Waals surface area contributed by atoms with Crippen molar-refractivity contribution in [2.24, 2.45) is 0 Å². The summed E-state index contributed by atoms with van der Waals surface area (Å²) in [5.74, 6) is -1.06. The first-order chi connectivity index (χ1) is 16.5. The molecule has 0 heterocycles. The van der Waals surface area contributed by atoms with E-state index in [0.717, 1.165) is 12.2 Å². The average Bonchev–Trinajstić information content (AvgIpc) is 2.91. The topological polar surface area (TPSA) is 80.3 Å². The molecule has 0 saturated heterocycles. The van der Waals surface area contributed by atoms with Crippen LogP contribution in [0.25, 0.3) is 11.5 Å². The SMILES string of the molecule is O=C(/C=C(/[O-])c1ccccc1)c1ccccc1.O=C(/C=C(\[O-])c1ccccc1)c1ccccc1.[Mg+2]. The quantitative estimate of drug-likeness (QED) is 0.183. The second-order valence-corrected chi connectivity index (χ2v) is 7.21. The number of benzene rings is 4. The van der Waals surface area contributed by atoms with Crippen LogP contribution in [0.3, 0.4) is 0 Å². The molecule has 168 valence electrons. The standard InChI is InChI=1S/2C15H12O2.Mg/c2*16-14(12-7-3-1-4-8-12)11-15(17)13-9-5-2-6-10-13;/h2*1-11,16H;/q;;+2/p-2/b14-11+;14-11-;. The molecule has 0 aliphatic heterocycles. The van der Waals surface area contributed by atoms with Crippen molar-refractivity contribution in [3.05, 3.63) is 156 Å². The fourth-order valence-electron chi connectivity index (χ4n) is 2.98. The maximum Gasteiger partial charge on any atom is 2.00 e. The molecule has 0 spiro atoms. The second-order valence-electron chi connectivity index (χ2n) is 7.21. The van der Waals surface area contributed by atoms with Gasteiger partial charge in [-0.15, -0.1) is 0 Å². The fourth-order valence-corrected chi connectivity index (χ4v) is 2.98. The molecule has 0 saturated carbocycles. The summed E-state index contributed by atoms with van der Waals surface area (Å²) in [6, 6.07) is 35.0. The molecule has 0 bridgehead atoms. The molecule has 0 atom stereocenters. The third-order valence-electron chi connectivity index (χ3n) is 4.76. The molecule has 0 N–H and O–H groups in total. The van der Waals surface area contributed by atoms with Gasteiger partial charge in [0.05, 0.1) is 0 Å². The second kappa shape index (κ2) is 14.4. The Balaban J connectivity index is 0.000000240. The van der Waals surface area contributed by atoms with Crippen molar-refractivity contribution in [3.8, 4) is 0 Å². The van der Waals surface area contributed by atoms with Gasteiger partial charge in [0.1, 0.15) is 0 Å². The maximum absolute atomic E-state index is 11.8. The first-order valence-electron chi connectivity index (χ1n) is 10.6. The van der Waals surface area contributed by atoms with Crippen LogP contribution in [0.15, 0.2) is 133 Å². The largest absolute Gasteiger partial charge is 2.00 e. The fraction of sp³-hybridized carbons (Fsp3) is 0. The van der Waals surface area contributed by atoms with E-state index in [1.54, 1.807) is 97.1 Å². The van der Waals surface area contributed by atoms with Crippen LogP contribution in [0.1, 0.15) is 31.8 Å². The van der Waals surface area contributed by atoms with Gasteiger partial charge in [0, 0.05) is 11.1 Å². The predicted molar refractivity (Wildman–Crippen MR) is 136 cm³/mol. The Kier molecular flexibility index (Phi) is 11.2. The van der Waals surface area contributed by atoms with Crippen LogP contribution in [0, 0.1) is 0 Å².